The number of ether oxygens (including phenoxy) is 3. The van der Waals surface area contributed by atoms with Gasteiger partial charge in [-0.15, -0.1) is 0 Å². The lowest BCUT2D eigenvalue weighted by Crippen LogP contribution is -2.45. The van der Waals surface area contributed by atoms with Crippen LogP contribution >= 0.6 is 0 Å². The maximum absolute atomic E-state index is 13.6. The number of hydrogen-bond donors (Lipinski definition) is 3. The Morgan fingerprint density at radius 3 is 2.43 bits per heavy atom. The van der Waals surface area contributed by atoms with Gasteiger partial charge in [-0.05, 0) is 72.9 Å². The molecule has 12 nitrogen and oxygen atoms in total. The molecule has 2 fully saturated rings. The van der Waals surface area contributed by atoms with E-state index in [0.717, 1.165) is 18.4 Å². The topological polar surface area (TPSA) is 166 Å². The number of carbonyl (C=O) groups is 3. The first-order valence-corrected chi connectivity index (χ1v) is 15.8. The molecule has 0 radical (unpaired) electrons. The number of amides is 3. The summed E-state index contributed by atoms with van der Waals surface area (Å²) in [4.78, 5) is 40.9. The van der Waals surface area contributed by atoms with Crippen molar-refractivity contribution in [3.8, 4) is 17.2 Å². The van der Waals surface area contributed by atoms with E-state index in [1.165, 1.54) is 24.3 Å². The molecule has 2 atom stereocenters. The van der Waals surface area contributed by atoms with E-state index >= 15 is 0 Å². The van der Waals surface area contributed by atoms with Gasteiger partial charge in [0.1, 0.15) is 23.4 Å². The Hall–Kier alpha value is -4.62. The number of benzene rings is 3. The van der Waals surface area contributed by atoms with Crippen LogP contribution in [0.1, 0.15) is 39.1 Å². The molecule has 0 spiro atoms. The molecule has 1 aliphatic carbocycles. The molecule has 1 saturated carbocycles. The minimum absolute atomic E-state index is 0.101. The minimum atomic E-state index is -3.91. The van der Waals surface area contributed by atoms with Crippen LogP contribution in [-0.4, -0.2) is 69.5 Å². The number of rotatable bonds is 5. The zero-order valence-corrected chi connectivity index (χ0v) is 24.5. The van der Waals surface area contributed by atoms with Crippen molar-refractivity contribution in [2.75, 3.05) is 26.3 Å². The number of sulfonamides is 1. The van der Waals surface area contributed by atoms with Crippen molar-refractivity contribution < 1.29 is 37.0 Å². The molecule has 4 N–H and O–H groups in total. The van der Waals surface area contributed by atoms with Crippen molar-refractivity contribution in [2.45, 2.75) is 36.4 Å². The van der Waals surface area contributed by atoms with Crippen LogP contribution in [0.2, 0.25) is 0 Å². The van der Waals surface area contributed by atoms with E-state index in [2.05, 4.69) is 10.6 Å². The molecule has 230 valence electrons. The van der Waals surface area contributed by atoms with Gasteiger partial charge in [0.15, 0.2) is 6.61 Å². The van der Waals surface area contributed by atoms with Crippen LogP contribution in [0.15, 0.2) is 71.6 Å². The third-order valence-corrected chi connectivity index (χ3v) is 8.62. The normalized spacial score (nSPS) is 20.4. The second-order valence-electron chi connectivity index (χ2n) is 11.2. The first-order chi connectivity index (χ1) is 21.1. The molecular weight excluding hydrogens is 588 g/mol. The predicted molar refractivity (Wildman–Crippen MR) is 158 cm³/mol. The molecule has 3 amide bonds. The van der Waals surface area contributed by atoms with Crippen molar-refractivity contribution in [1.29, 1.82) is 0 Å². The molecule has 13 heteroatoms. The number of likely N-dealkylation sites (tertiary alicyclic amines) is 1. The zero-order chi connectivity index (χ0) is 30.8. The SMILES string of the molecule is NS(=O)(=O)c1ccc(C(=O)N2C[C@@H]3NC(=O)c4cc(cc(OCC5CC5)c4)OCC(=O)NCc4ccc(cc4)O[C@H]3C2)cc1. The van der Waals surface area contributed by atoms with E-state index in [-0.39, 0.29) is 54.1 Å². The molecule has 4 bridgehead atoms. The highest BCUT2D eigenvalue weighted by atomic mass is 32.2. The lowest BCUT2D eigenvalue weighted by molar-refractivity contribution is -0.123. The maximum atomic E-state index is 13.6. The van der Waals surface area contributed by atoms with Gasteiger partial charge < -0.3 is 29.7 Å². The monoisotopic (exact) mass is 620 g/mol. The average molecular weight is 621 g/mol. The van der Waals surface area contributed by atoms with Gasteiger partial charge in [-0.25, -0.2) is 13.6 Å². The third-order valence-electron chi connectivity index (χ3n) is 7.69. The quantitative estimate of drug-likeness (QED) is 0.389. The van der Waals surface area contributed by atoms with Crippen molar-refractivity contribution >= 4 is 27.7 Å². The summed E-state index contributed by atoms with van der Waals surface area (Å²) in [7, 11) is -3.91. The zero-order valence-electron chi connectivity index (χ0n) is 23.7. The fraction of sp³-hybridized carbons (Fsp3) is 0.323. The summed E-state index contributed by atoms with van der Waals surface area (Å²) >= 11 is 0. The van der Waals surface area contributed by atoms with E-state index in [9.17, 15) is 22.8 Å². The highest BCUT2D eigenvalue weighted by Gasteiger charge is 2.38. The van der Waals surface area contributed by atoms with Gasteiger partial charge in [0.05, 0.1) is 24.1 Å². The standard InChI is InChI=1S/C31H32N4O8S/c32-44(39,40)26-9-5-21(6-10-26)31(38)35-15-27-28(16-35)43-23-7-3-19(4-8-23)14-33-29(36)18-42-25-12-22(30(37)34-27)11-24(13-25)41-17-20-1-2-20/h3-13,20,27-28H,1-2,14-18H2,(H,33,36)(H,34,37)(H2,32,39,40)/t27-,28-/m0/s1. The lowest BCUT2D eigenvalue weighted by Gasteiger charge is -2.21. The number of carbonyl (C=O) groups excluding carboxylic acids is 3. The van der Waals surface area contributed by atoms with E-state index in [1.54, 1.807) is 35.2 Å². The summed E-state index contributed by atoms with van der Waals surface area (Å²) in [6.07, 6.45) is 1.60. The number of nitrogens with zero attached hydrogens (tertiary/aromatic N) is 1. The van der Waals surface area contributed by atoms with Crippen LogP contribution < -0.4 is 30.0 Å². The Morgan fingerprint density at radius 1 is 0.977 bits per heavy atom. The Balaban J connectivity index is 1.27. The molecule has 7 rings (SSSR count). The Morgan fingerprint density at radius 2 is 1.73 bits per heavy atom. The summed E-state index contributed by atoms with van der Waals surface area (Å²) in [6.45, 7) is 0.878. The van der Waals surface area contributed by atoms with Gasteiger partial charge in [0.2, 0.25) is 10.0 Å². The Labute approximate surface area is 254 Å². The summed E-state index contributed by atoms with van der Waals surface area (Å²) in [6, 6.07) is 16.8. The van der Waals surface area contributed by atoms with Gasteiger partial charge in [0.25, 0.3) is 17.7 Å². The van der Waals surface area contributed by atoms with Crippen LogP contribution in [0.25, 0.3) is 0 Å². The van der Waals surface area contributed by atoms with Crippen LogP contribution in [0.5, 0.6) is 17.2 Å². The molecule has 3 aliphatic heterocycles. The fourth-order valence-corrected chi connectivity index (χ4v) is 5.56. The summed E-state index contributed by atoms with van der Waals surface area (Å²) in [5.74, 6) is 0.683. The van der Waals surface area contributed by atoms with E-state index in [0.29, 0.717) is 29.8 Å². The van der Waals surface area contributed by atoms with Crippen LogP contribution in [0.4, 0.5) is 0 Å². The number of nitrogens with one attached hydrogen (secondary N) is 2. The molecular formula is C31H32N4O8S. The van der Waals surface area contributed by atoms with E-state index < -0.39 is 28.1 Å². The molecule has 0 unspecified atom stereocenters. The molecule has 0 aromatic heterocycles. The summed E-state index contributed by atoms with van der Waals surface area (Å²) < 4.78 is 41.2. The predicted octanol–water partition coefficient (Wildman–Crippen LogP) is 1.83. The van der Waals surface area contributed by atoms with E-state index in [1.807, 2.05) is 12.1 Å². The summed E-state index contributed by atoms with van der Waals surface area (Å²) in [5.41, 5.74) is 1.39. The maximum Gasteiger partial charge on any atom is 0.258 e. The molecule has 3 aromatic rings. The van der Waals surface area contributed by atoms with Gasteiger partial charge in [0, 0.05) is 30.3 Å². The number of hydrogen-bond acceptors (Lipinski definition) is 8. The van der Waals surface area contributed by atoms with Crippen LogP contribution in [-0.2, 0) is 21.4 Å². The highest BCUT2D eigenvalue weighted by Crippen LogP contribution is 2.31. The Bertz CT molecular complexity index is 1670. The number of primary sulfonamides is 1. The lowest BCUT2D eigenvalue weighted by atomic mass is 10.1. The van der Waals surface area contributed by atoms with E-state index in [4.69, 9.17) is 19.3 Å². The fourth-order valence-electron chi connectivity index (χ4n) is 5.05. The van der Waals surface area contributed by atoms with Gasteiger partial charge in [-0.1, -0.05) is 12.1 Å². The largest absolute Gasteiger partial charge is 0.493 e. The molecule has 3 heterocycles. The smallest absolute Gasteiger partial charge is 0.258 e. The minimum Gasteiger partial charge on any atom is -0.493 e. The van der Waals surface area contributed by atoms with Gasteiger partial charge in [-0.2, -0.15) is 0 Å². The average Bonchev–Trinajstić information content (AvgIpc) is 3.77. The highest BCUT2D eigenvalue weighted by molar-refractivity contribution is 7.89. The van der Waals surface area contributed by atoms with Crippen LogP contribution in [0, 0.1) is 5.92 Å². The number of fused-ring (bicyclic) bond motifs is 7. The van der Waals surface area contributed by atoms with Gasteiger partial charge in [-0.3, -0.25) is 14.4 Å². The first-order valence-electron chi connectivity index (χ1n) is 14.3. The second kappa shape index (κ2) is 12.2. The first kappa shape index (κ1) is 29.5. The van der Waals surface area contributed by atoms with Crippen molar-refractivity contribution in [1.82, 2.24) is 15.5 Å². The van der Waals surface area contributed by atoms with Crippen LogP contribution in [0.3, 0.4) is 0 Å². The molecule has 1 saturated heterocycles. The Kier molecular flexibility index (Phi) is 8.15. The molecule has 4 aliphatic rings. The molecule has 44 heavy (non-hydrogen) atoms. The molecule has 3 aromatic carbocycles. The van der Waals surface area contributed by atoms with Gasteiger partial charge >= 0.3 is 0 Å². The van der Waals surface area contributed by atoms with Crippen molar-refractivity contribution in [3.05, 3.63) is 83.4 Å². The van der Waals surface area contributed by atoms with Crippen molar-refractivity contribution in [2.24, 2.45) is 11.1 Å². The van der Waals surface area contributed by atoms with Crippen molar-refractivity contribution in [3.63, 3.8) is 0 Å². The summed E-state index contributed by atoms with van der Waals surface area (Å²) in [5, 5.41) is 11.0. The second-order valence-corrected chi connectivity index (χ2v) is 12.7. The number of nitrogens with two attached hydrogens (primary N) is 1. The third kappa shape index (κ3) is 7.12.